The van der Waals surface area contributed by atoms with Gasteiger partial charge < -0.3 is 21.1 Å². The molecule has 1 unspecified atom stereocenters. The Labute approximate surface area is 142 Å². The van der Waals surface area contributed by atoms with E-state index in [0.717, 1.165) is 24.8 Å². The molecule has 1 heterocycles. The van der Waals surface area contributed by atoms with Crippen molar-refractivity contribution in [1.29, 1.82) is 0 Å². The van der Waals surface area contributed by atoms with Crippen LogP contribution in [0.4, 0.5) is 16.2 Å². The minimum Gasteiger partial charge on any atom is -0.387 e. The van der Waals surface area contributed by atoms with Crippen LogP contribution < -0.4 is 20.7 Å². The second-order valence-electron chi connectivity index (χ2n) is 6.22. The summed E-state index contributed by atoms with van der Waals surface area (Å²) in [6.45, 7) is 3.26. The van der Waals surface area contributed by atoms with Gasteiger partial charge in [-0.2, -0.15) is 0 Å². The van der Waals surface area contributed by atoms with Crippen LogP contribution in [0.2, 0.25) is 0 Å². The fraction of sp³-hybridized carbons (Fsp3) is 0.533. The quantitative estimate of drug-likeness (QED) is 0.529. The second-order valence-corrected chi connectivity index (χ2v) is 7.96. The van der Waals surface area contributed by atoms with E-state index in [2.05, 4.69) is 20.7 Å². The monoisotopic (exact) mass is 356 g/mol. The molecule has 1 fully saturated rings. The number of aliphatic hydroxyl groups is 1. The SMILES string of the molecule is Cc1ccc(NS(C)(=O)=O)cc1NC(=O)NCC1(O)CCCNC1. The van der Waals surface area contributed by atoms with Crippen LogP contribution in [0.15, 0.2) is 18.2 Å². The lowest BCUT2D eigenvalue weighted by Crippen LogP contribution is -2.53. The molecule has 2 rings (SSSR count). The van der Waals surface area contributed by atoms with Crippen LogP contribution in [0.3, 0.4) is 0 Å². The van der Waals surface area contributed by atoms with Crippen molar-refractivity contribution >= 4 is 27.4 Å². The Morgan fingerprint density at radius 2 is 2.17 bits per heavy atom. The van der Waals surface area contributed by atoms with Crippen LogP contribution in [-0.2, 0) is 10.0 Å². The van der Waals surface area contributed by atoms with Crippen molar-refractivity contribution in [2.75, 3.05) is 35.9 Å². The number of β-amino-alcohol motifs (C(OH)–C–C–N with tert-alkyl or cyclic N) is 1. The largest absolute Gasteiger partial charge is 0.387 e. The topological polar surface area (TPSA) is 120 Å². The molecule has 5 N–H and O–H groups in total. The number of hydrogen-bond acceptors (Lipinski definition) is 5. The molecule has 2 amide bonds. The molecule has 0 spiro atoms. The summed E-state index contributed by atoms with van der Waals surface area (Å²) in [4.78, 5) is 12.1. The average molecular weight is 356 g/mol. The number of amides is 2. The van der Waals surface area contributed by atoms with Gasteiger partial charge in [0, 0.05) is 18.8 Å². The first-order valence-electron chi connectivity index (χ1n) is 7.73. The number of urea groups is 1. The van der Waals surface area contributed by atoms with Gasteiger partial charge in [0.2, 0.25) is 10.0 Å². The maximum Gasteiger partial charge on any atom is 0.319 e. The summed E-state index contributed by atoms with van der Waals surface area (Å²) in [7, 11) is -3.39. The van der Waals surface area contributed by atoms with Gasteiger partial charge in [0.25, 0.3) is 0 Å². The van der Waals surface area contributed by atoms with Crippen molar-refractivity contribution in [3.63, 3.8) is 0 Å². The second kappa shape index (κ2) is 7.37. The molecule has 1 aromatic rings. The van der Waals surface area contributed by atoms with Gasteiger partial charge in [-0.15, -0.1) is 0 Å². The molecule has 1 aromatic carbocycles. The number of anilines is 2. The standard InChI is InChI=1S/C15H24N4O4S/c1-11-4-5-12(19-24(2,22)23)8-13(11)18-14(20)17-10-15(21)6-3-7-16-9-15/h4-5,8,16,19,21H,3,6-7,9-10H2,1-2H3,(H2,17,18,20). The van der Waals surface area contributed by atoms with Crippen LogP contribution in [-0.4, -0.2) is 51.0 Å². The van der Waals surface area contributed by atoms with Gasteiger partial charge in [-0.05, 0) is 44.0 Å². The van der Waals surface area contributed by atoms with Crippen LogP contribution >= 0.6 is 0 Å². The van der Waals surface area contributed by atoms with Gasteiger partial charge in [-0.1, -0.05) is 6.07 Å². The lowest BCUT2D eigenvalue weighted by molar-refractivity contribution is 0.0198. The Hall–Kier alpha value is -1.84. The summed E-state index contributed by atoms with van der Waals surface area (Å²) in [6.07, 6.45) is 2.55. The van der Waals surface area contributed by atoms with Crippen LogP contribution in [0.5, 0.6) is 0 Å². The number of hydrogen-bond donors (Lipinski definition) is 5. The van der Waals surface area contributed by atoms with Crippen LogP contribution in [0.1, 0.15) is 18.4 Å². The Balaban J connectivity index is 1.96. The Kier molecular flexibility index (Phi) is 5.68. The number of carbonyl (C=O) groups is 1. The highest BCUT2D eigenvalue weighted by atomic mass is 32.2. The first kappa shape index (κ1) is 18.5. The zero-order chi connectivity index (χ0) is 17.8. The third kappa shape index (κ3) is 5.66. The Morgan fingerprint density at radius 3 is 2.79 bits per heavy atom. The van der Waals surface area contributed by atoms with E-state index in [1.54, 1.807) is 25.1 Å². The average Bonchev–Trinajstić information content (AvgIpc) is 2.48. The van der Waals surface area contributed by atoms with Gasteiger partial charge in [0.05, 0.1) is 17.5 Å². The molecule has 0 aliphatic carbocycles. The van der Waals surface area contributed by atoms with E-state index >= 15 is 0 Å². The molecule has 0 aromatic heterocycles. The highest BCUT2D eigenvalue weighted by Gasteiger charge is 2.29. The van der Waals surface area contributed by atoms with E-state index in [-0.39, 0.29) is 6.54 Å². The third-order valence-corrected chi connectivity index (χ3v) is 4.42. The molecule has 0 saturated carbocycles. The summed E-state index contributed by atoms with van der Waals surface area (Å²) >= 11 is 0. The van der Waals surface area contributed by atoms with Gasteiger partial charge in [0.15, 0.2) is 0 Å². The molecule has 1 aliphatic heterocycles. The highest BCUT2D eigenvalue weighted by molar-refractivity contribution is 7.92. The molecular weight excluding hydrogens is 332 g/mol. The fourth-order valence-electron chi connectivity index (χ4n) is 2.55. The van der Waals surface area contributed by atoms with E-state index in [9.17, 15) is 18.3 Å². The van der Waals surface area contributed by atoms with Gasteiger partial charge in [0.1, 0.15) is 0 Å². The fourth-order valence-corrected chi connectivity index (χ4v) is 3.10. The number of benzene rings is 1. The summed E-state index contributed by atoms with van der Waals surface area (Å²) in [5, 5.41) is 18.8. The zero-order valence-corrected chi connectivity index (χ0v) is 14.7. The molecule has 9 heteroatoms. The number of aryl methyl sites for hydroxylation is 1. The zero-order valence-electron chi connectivity index (χ0n) is 13.8. The first-order valence-corrected chi connectivity index (χ1v) is 9.62. The van der Waals surface area contributed by atoms with E-state index < -0.39 is 21.7 Å². The predicted octanol–water partition coefficient (Wildman–Crippen LogP) is 0.603. The summed E-state index contributed by atoms with van der Waals surface area (Å²) in [6, 6.07) is 4.43. The van der Waals surface area contributed by atoms with Crippen molar-refractivity contribution in [1.82, 2.24) is 10.6 Å². The van der Waals surface area contributed by atoms with Crippen molar-refractivity contribution in [2.24, 2.45) is 0 Å². The number of nitrogens with one attached hydrogen (secondary N) is 4. The van der Waals surface area contributed by atoms with Crippen LogP contribution in [0, 0.1) is 6.92 Å². The lowest BCUT2D eigenvalue weighted by Gasteiger charge is -2.32. The molecular formula is C15H24N4O4S. The summed E-state index contributed by atoms with van der Waals surface area (Å²) in [5.41, 5.74) is 0.718. The van der Waals surface area contributed by atoms with Gasteiger partial charge in [-0.25, -0.2) is 13.2 Å². The molecule has 1 saturated heterocycles. The van der Waals surface area contributed by atoms with Crippen molar-refractivity contribution < 1.29 is 18.3 Å². The molecule has 1 atom stereocenters. The Morgan fingerprint density at radius 1 is 1.42 bits per heavy atom. The summed E-state index contributed by atoms with van der Waals surface area (Å²) < 4.78 is 24.9. The maximum atomic E-state index is 12.1. The normalized spacial score (nSPS) is 21.1. The molecule has 24 heavy (non-hydrogen) atoms. The molecule has 0 radical (unpaired) electrons. The number of rotatable bonds is 5. The Bertz CT molecular complexity index is 699. The molecule has 8 nitrogen and oxygen atoms in total. The smallest absolute Gasteiger partial charge is 0.319 e. The minimum absolute atomic E-state index is 0.145. The number of sulfonamides is 1. The van der Waals surface area contributed by atoms with Crippen molar-refractivity contribution in [3.05, 3.63) is 23.8 Å². The minimum atomic E-state index is -3.39. The number of piperidine rings is 1. The molecule has 1 aliphatic rings. The van der Waals surface area contributed by atoms with Gasteiger partial charge >= 0.3 is 6.03 Å². The van der Waals surface area contributed by atoms with E-state index in [4.69, 9.17) is 0 Å². The van der Waals surface area contributed by atoms with Gasteiger partial charge in [-0.3, -0.25) is 4.72 Å². The summed E-state index contributed by atoms with van der Waals surface area (Å²) in [5.74, 6) is 0. The third-order valence-electron chi connectivity index (χ3n) is 3.82. The van der Waals surface area contributed by atoms with Crippen molar-refractivity contribution in [2.45, 2.75) is 25.4 Å². The van der Waals surface area contributed by atoms with E-state index in [1.807, 2.05) is 0 Å². The van der Waals surface area contributed by atoms with E-state index in [1.165, 1.54) is 0 Å². The van der Waals surface area contributed by atoms with E-state index in [0.29, 0.717) is 24.3 Å². The maximum absolute atomic E-state index is 12.1. The van der Waals surface area contributed by atoms with Crippen molar-refractivity contribution in [3.8, 4) is 0 Å². The molecule has 0 bridgehead atoms. The highest BCUT2D eigenvalue weighted by Crippen LogP contribution is 2.21. The van der Waals surface area contributed by atoms with Crippen LogP contribution in [0.25, 0.3) is 0 Å². The lowest BCUT2D eigenvalue weighted by atomic mass is 9.94. The number of carbonyl (C=O) groups excluding carboxylic acids is 1. The molecule has 134 valence electrons. The first-order chi connectivity index (χ1) is 11.2. The predicted molar refractivity (Wildman–Crippen MR) is 93.7 cm³/mol.